The number of allylic oxidation sites excluding steroid dienone is 5. The van der Waals surface area contributed by atoms with Crippen LogP contribution in [-0.2, 0) is 38.2 Å². The Morgan fingerprint density at radius 3 is 2.35 bits per heavy atom. The SMILES string of the molecule is CC[C@H]1C[C@H](C)[C@@]2(NC1=O)O[C@@H](C[C@H](O)[C@@H](C)CC/C=C/C=C(\C)[C@@H]1C/C=C/C=C/[C@H](O)[C@H](C)[C@@H](O)[C@@H](CCC(C)=O)C(=O)N[C@@H](C(C)C)C(=O)NC3(CC3c3ccc(C)c(O)c3)C(=O)N3CCCC(N3)C(=O)O1)[C@H](C)[C@H](O)[C@@H]2C. The first-order valence-corrected chi connectivity index (χ1v) is 29.3. The molecule has 4 heterocycles. The lowest BCUT2D eigenvalue weighted by molar-refractivity contribution is -0.267. The third-order valence-electron chi connectivity index (χ3n) is 18.2. The molecule has 18 atom stereocenters. The Kier molecular flexibility index (Phi) is 22.1. The number of aryl methyl sites for hydroxylation is 1. The standard InChI is InChI=1S/C62H93N5O13/c1-12-43-30-38(7)62(65-56(43)74)42(11)54(72)41(10)52(80-62)32-50(71)35(4)20-15-13-16-21-37(6)51-24-18-14-17-23-48(69)40(9)55(73)45(28-26-39(8)68)57(75)63-53(34(2)3)58(76)64-61(33-46(61)44-27-25-36(5)49(70)31-44)60(78)67-29-19-22-47(66-67)59(77)79-51/h13-14,16-18,21,23,25,27,31,34-35,38,40-43,45-48,50-55,66,69-73H,12,15,19-20,22,24,26,28-30,32-33H2,1-11H3,(H,63,75)(H,64,76)(H,65,74)/b16-13+,18-14+,23-17+,37-21+/t35-,38-,40-,41-,42-,43-,45+,46?,47?,48-,50-,51-,52-,53-,54-,55+,61?,62+/m0/s1. The zero-order valence-electron chi connectivity index (χ0n) is 49.0. The highest BCUT2D eigenvalue weighted by Crippen LogP contribution is 2.54. The number of hydrazine groups is 1. The van der Waals surface area contributed by atoms with Gasteiger partial charge in [0.1, 0.15) is 41.0 Å². The quantitative estimate of drug-likeness (QED) is 0.0761. The number of hydrogen-bond donors (Lipinski definition) is 9. The number of phenols is 1. The summed E-state index contributed by atoms with van der Waals surface area (Å²) in [7, 11) is 0. The summed E-state index contributed by atoms with van der Waals surface area (Å²) in [6.45, 7) is 20.1. The van der Waals surface area contributed by atoms with Crippen LogP contribution in [0.15, 0.2) is 66.3 Å². The van der Waals surface area contributed by atoms with Crippen LogP contribution in [0.4, 0.5) is 0 Å². The van der Waals surface area contributed by atoms with Gasteiger partial charge in [-0.05, 0) is 107 Å². The monoisotopic (exact) mass is 1120 g/mol. The topological polar surface area (TPSA) is 273 Å². The molecule has 4 fully saturated rings. The highest BCUT2D eigenvalue weighted by atomic mass is 16.5. The second-order valence-corrected chi connectivity index (χ2v) is 24.5. The van der Waals surface area contributed by atoms with Crippen LogP contribution >= 0.6 is 0 Å². The van der Waals surface area contributed by atoms with Crippen molar-refractivity contribution in [3.05, 3.63) is 77.4 Å². The number of rotatable bonds is 14. The number of aromatic hydroxyl groups is 1. The Hall–Kier alpha value is -5.24. The minimum atomic E-state index is -1.54. The number of phenolic OH excluding ortho intramolecular Hbond substituents is 1. The maximum atomic E-state index is 15.0. The number of amides is 4. The van der Waals surface area contributed by atoms with Crippen molar-refractivity contribution in [3.8, 4) is 5.75 Å². The van der Waals surface area contributed by atoms with Crippen molar-refractivity contribution in [2.75, 3.05) is 6.54 Å². The van der Waals surface area contributed by atoms with Gasteiger partial charge in [0.05, 0.1) is 36.4 Å². The minimum absolute atomic E-state index is 0.0200. The molecule has 0 aromatic heterocycles. The highest BCUT2D eigenvalue weighted by molar-refractivity contribution is 5.98. The average Bonchev–Trinajstić information content (AvgIpc) is 4.35. The molecule has 2 bridgehead atoms. The van der Waals surface area contributed by atoms with E-state index in [-0.39, 0.29) is 79.3 Å². The zero-order chi connectivity index (χ0) is 59.0. The summed E-state index contributed by atoms with van der Waals surface area (Å²) in [5, 5.41) is 66.9. The van der Waals surface area contributed by atoms with Crippen molar-refractivity contribution in [3.63, 3.8) is 0 Å². The first kappa shape index (κ1) is 63.9. The van der Waals surface area contributed by atoms with Crippen LogP contribution < -0.4 is 21.4 Å². The lowest BCUT2D eigenvalue weighted by atomic mass is 9.69. The smallest absolute Gasteiger partial charge is 0.325 e. The number of cyclic esters (lactones) is 1. The molecule has 1 aliphatic carbocycles. The first-order valence-electron chi connectivity index (χ1n) is 29.3. The number of ether oxygens (including phenoxy) is 2. The van der Waals surface area contributed by atoms with Crippen LogP contribution in [0.3, 0.4) is 0 Å². The largest absolute Gasteiger partial charge is 0.508 e. The second kappa shape index (κ2) is 27.7. The molecule has 9 N–H and O–H groups in total. The van der Waals surface area contributed by atoms with Gasteiger partial charge < -0.3 is 55.8 Å². The van der Waals surface area contributed by atoms with Gasteiger partial charge in [0.15, 0.2) is 0 Å². The van der Waals surface area contributed by atoms with Crippen molar-refractivity contribution in [1.29, 1.82) is 0 Å². The molecule has 2 spiro atoms. The summed E-state index contributed by atoms with van der Waals surface area (Å²) < 4.78 is 13.0. The van der Waals surface area contributed by atoms with E-state index < -0.39 is 107 Å². The van der Waals surface area contributed by atoms with Gasteiger partial charge in [-0.1, -0.05) is 110 Å². The predicted molar refractivity (Wildman–Crippen MR) is 303 cm³/mol. The van der Waals surface area contributed by atoms with Crippen molar-refractivity contribution in [1.82, 2.24) is 26.4 Å². The molecule has 80 heavy (non-hydrogen) atoms. The number of esters is 1. The summed E-state index contributed by atoms with van der Waals surface area (Å²) in [5.74, 6) is -6.73. The molecule has 0 radical (unpaired) electrons. The molecule has 3 saturated heterocycles. The third kappa shape index (κ3) is 14.9. The van der Waals surface area contributed by atoms with Gasteiger partial charge in [-0.25, -0.2) is 5.43 Å². The van der Waals surface area contributed by atoms with Crippen LogP contribution in [-0.4, -0.2) is 132 Å². The fourth-order valence-electron chi connectivity index (χ4n) is 12.2. The molecule has 444 valence electrons. The van der Waals surface area contributed by atoms with Gasteiger partial charge in [-0.2, -0.15) is 0 Å². The van der Waals surface area contributed by atoms with Crippen LogP contribution in [0.5, 0.6) is 5.75 Å². The Morgan fingerprint density at radius 2 is 1.68 bits per heavy atom. The maximum Gasteiger partial charge on any atom is 0.325 e. The fraction of sp³-hybridized carbons (Fsp3) is 0.677. The molecule has 1 saturated carbocycles. The summed E-state index contributed by atoms with van der Waals surface area (Å²) >= 11 is 0. The number of aliphatic hydroxyl groups is 4. The normalized spacial score (nSPS) is 36.8. The molecular formula is C62H93N5O13. The number of piperidine rings is 1. The van der Waals surface area contributed by atoms with E-state index >= 15 is 0 Å². The number of nitrogens with one attached hydrogen (secondary N) is 4. The number of carbonyl (C=O) groups is 6. The predicted octanol–water partition coefficient (Wildman–Crippen LogP) is 6.03. The summed E-state index contributed by atoms with van der Waals surface area (Å²) in [6, 6.07) is 2.96. The van der Waals surface area contributed by atoms with E-state index in [1.54, 1.807) is 64.1 Å². The van der Waals surface area contributed by atoms with Gasteiger partial charge in [0.2, 0.25) is 17.7 Å². The average molecular weight is 1120 g/mol. The summed E-state index contributed by atoms with van der Waals surface area (Å²) in [4.78, 5) is 83.2. The van der Waals surface area contributed by atoms with E-state index in [0.29, 0.717) is 55.2 Å². The van der Waals surface area contributed by atoms with E-state index in [4.69, 9.17) is 9.47 Å². The number of aliphatic hydroxyl groups excluding tert-OH is 4. The van der Waals surface area contributed by atoms with Crippen molar-refractivity contribution in [2.24, 2.45) is 47.3 Å². The molecule has 18 nitrogen and oxygen atoms in total. The van der Waals surface area contributed by atoms with Crippen LogP contribution in [0, 0.1) is 54.3 Å². The van der Waals surface area contributed by atoms with Crippen molar-refractivity contribution < 1.29 is 63.8 Å². The number of fused-ring (bicyclic) bond motifs is 2. The number of carbonyl (C=O) groups excluding carboxylic acids is 6. The Morgan fingerprint density at radius 1 is 0.950 bits per heavy atom. The van der Waals surface area contributed by atoms with Gasteiger partial charge in [0.25, 0.3) is 5.91 Å². The summed E-state index contributed by atoms with van der Waals surface area (Å²) in [5.41, 5.74) is 2.49. The summed E-state index contributed by atoms with van der Waals surface area (Å²) in [6.07, 6.45) is 10.9. The Bertz CT molecular complexity index is 2490. The van der Waals surface area contributed by atoms with Gasteiger partial charge in [-0.3, -0.25) is 29.0 Å². The molecule has 18 heteroatoms. The van der Waals surface area contributed by atoms with Crippen molar-refractivity contribution in [2.45, 2.75) is 213 Å². The van der Waals surface area contributed by atoms with Crippen molar-refractivity contribution >= 4 is 35.4 Å². The third-order valence-corrected chi connectivity index (χ3v) is 18.2. The van der Waals surface area contributed by atoms with Gasteiger partial charge in [-0.15, -0.1) is 0 Å². The number of benzene rings is 1. The number of hydrogen-bond acceptors (Lipinski definition) is 14. The molecule has 1 aromatic carbocycles. The molecule has 4 amide bonds. The lowest BCUT2D eigenvalue weighted by Crippen LogP contribution is -2.71. The molecular weight excluding hydrogens is 1020 g/mol. The fourth-order valence-corrected chi connectivity index (χ4v) is 12.2. The molecule has 3 unspecified atom stereocenters. The minimum Gasteiger partial charge on any atom is -0.508 e. The van der Waals surface area contributed by atoms with Crippen LogP contribution in [0.25, 0.3) is 0 Å². The van der Waals surface area contributed by atoms with Gasteiger partial charge >= 0.3 is 5.97 Å². The molecule has 1 aromatic rings. The van der Waals surface area contributed by atoms with Crippen LogP contribution in [0.1, 0.15) is 157 Å². The number of Topliss-reactive ketones (excluding diaryl/α,β-unsaturated/α-hetero) is 1. The molecule has 5 aliphatic rings. The molecule has 6 rings (SSSR count). The molecule has 4 aliphatic heterocycles. The van der Waals surface area contributed by atoms with E-state index in [1.807, 2.05) is 52.8 Å². The van der Waals surface area contributed by atoms with E-state index in [2.05, 4.69) is 28.3 Å². The second-order valence-electron chi connectivity index (χ2n) is 24.5. The Balaban J connectivity index is 1.21. The first-order chi connectivity index (χ1) is 37.8. The van der Waals surface area contributed by atoms with Gasteiger partial charge in [0, 0.05) is 61.3 Å². The zero-order valence-corrected chi connectivity index (χ0v) is 49.0. The van der Waals surface area contributed by atoms with E-state index in [1.165, 1.54) is 18.0 Å². The van der Waals surface area contributed by atoms with E-state index in [0.717, 1.165) is 6.42 Å². The Labute approximate surface area is 473 Å². The lowest BCUT2D eigenvalue weighted by Gasteiger charge is -2.56. The number of ketones is 1. The maximum absolute atomic E-state index is 15.0. The number of nitrogens with zero attached hydrogens (tertiary/aromatic N) is 1. The van der Waals surface area contributed by atoms with Crippen LogP contribution in [0.2, 0.25) is 0 Å². The highest BCUT2D eigenvalue weighted by Gasteiger charge is 2.64. The van der Waals surface area contributed by atoms with E-state index in [9.17, 15) is 54.3 Å².